The van der Waals surface area contributed by atoms with Gasteiger partial charge in [-0.3, -0.25) is 0 Å². The molecule has 0 heterocycles. The third-order valence-electron chi connectivity index (χ3n) is 2.89. The molecule has 0 spiro atoms. The number of rotatable bonds is 8. The normalized spacial score (nSPS) is 13.9. The van der Waals surface area contributed by atoms with Crippen molar-refractivity contribution in [3.05, 3.63) is 12.2 Å². The summed E-state index contributed by atoms with van der Waals surface area (Å²) in [6, 6.07) is 0.869. The molecule has 0 N–H and O–H groups in total. The molecule has 4 heteroatoms. The van der Waals surface area contributed by atoms with Gasteiger partial charge in [-0.05, 0) is 25.7 Å². The van der Waals surface area contributed by atoms with Gasteiger partial charge in [0.1, 0.15) is 0 Å². The van der Waals surface area contributed by atoms with Crippen molar-refractivity contribution in [2.75, 3.05) is 21.3 Å². The first-order chi connectivity index (χ1) is 7.01. The monoisotopic (exact) mass is 232 g/mol. The van der Waals surface area contributed by atoms with Crippen molar-refractivity contribution in [3.8, 4) is 0 Å². The van der Waals surface area contributed by atoms with Gasteiger partial charge in [-0.25, -0.2) is 0 Å². The predicted molar refractivity (Wildman–Crippen MR) is 64.8 cm³/mol. The van der Waals surface area contributed by atoms with Gasteiger partial charge >= 0.3 is 8.80 Å². The average molecular weight is 232 g/mol. The zero-order chi connectivity index (χ0) is 11.9. The molecule has 0 aliphatic rings. The Morgan fingerprint density at radius 1 is 1.20 bits per heavy atom. The largest absolute Gasteiger partial charge is 0.500 e. The highest BCUT2D eigenvalue weighted by atomic mass is 28.4. The molecule has 0 aliphatic heterocycles. The molecule has 0 aromatic carbocycles. The molecule has 1 atom stereocenters. The van der Waals surface area contributed by atoms with Crippen molar-refractivity contribution in [3.63, 3.8) is 0 Å². The molecule has 3 nitrogen and oxygen atoms in total. The second-order valence-corrected chi connectivity index (χ2v) is 7.03. The fourth-order valence-electron chi connectivity index (χ4n) is 1.43. The van der Waals surface area contributed by atoms with Crippen molar-refractivity contribution in [2.24, 2.45) is 5.92 Å². The second kappa shape index (κ2) is 7.17. The van der Waals surface area contributed by atoms with Crippen LogP contribution in [0.4, 0.5) is 0 Å². The van der Waals surface area contributed by atoms with E-state index in [1.165, 1.54) is 5.57 Å². The van der Waals surface area contributed by atoms with E-state index in [9.17, 15) is 0 Å². The van der Waals surface area contributed by atoms with Gasteiger partial charge in [-0.15, -0.1) is 0 Å². The molecular weight excluding hydrogens is 208 g/mol. The standard InChI is InChI=1S/C11H24O3Si/c1-10(2)11(3)8-7-9-15(12-4,13-5)14-6/h11H,1,7-9H2,2-6H3. The van der Waals surface area contributed by atoms with E-state index in [0.717, 1.165) is 18.9 Å². The van der Waals surface area contributed by atoms with Crippen molar-refractivity contribution in [1.82, 2.24) is 0 Å². The van der Waals surface area contributed by atoms with E-state index in [-0.39, 0.29) is 0 Å². The maximum absolute atomic E-state index is 5.35. The highest BCUT2D eigenvalue weighted by molar-refractivity contribution is 6.60. The summed E-state index contributed by atoms with van der Waals surface area (Å²) in [5.41, 5.74) is 1.23. The smallest absolute Gasteiger partial charge is 0.377 e. The summed E-state index contributed by atoms with van der Waals surface area (Å²) >= 11 is 0. The summed E-state index contributed by atoms with van der Waals surface area (Å²) in [5, 5.41) is 0. The van der Waals surface area contributed by atoms with Crippen LogP contribution in [0.3, 0.4) is 0 Å². The molecule has 0 radical (unpaired) electrons. The van der Waals surface area contributed by atoms with E-state index in [1.807, 2.05) is 0 Å². The molecule has 0 fully saturated rings. The summed E-state index contributed by atoms with van der Waals surface area (Å²) < 4.78 is 16.1. The molecule has 0 bridgehead atoms. The Balaban J connectivity index is 3.96. The Kier molecular flexibility index (Phi) is 7.09. The van der Waals surface area contributed by atoms with E-state index >= 15 is 0 Å². The first-order valence-electron chi connectivity index (χ1n) is 5.32. The summed E-state index contributed by atoms with van der Waals surface area (Å²) in [5.74, 6) is 0.558. The summed E-state index contributed by atoms with van der Waals surface area (Å²) in [6.07, 6.45) is 2.16. The quantitative estimate of drug-likeness (QED) is 0.476. The van der Waals surface area contributed by atoms with Crippen LogP contribution in [-0.4, -0.2) is 30.1 Å². The Morgan fingerprint density at radius 3 is 2.00 bits per heavy atom. The predicted octanol–water partition coefficient (Wildman–Crippen LogP) is 2.86. The van der Waals surface area contributed by atoms with Crippen LogP contribution >= 0.6 is 0 Å². The van der Waals surface area contributed by atoms with Crippen LogP contribution in [0.15, 0.2) is 12.2 Å². The van der Waals surface area contributed by atoms with Gasteiger partial charge in [0, 0.05) is 27.4 Å². The van der Waals surface area contributed by atoms with Crippen molar-refractivity contribution in [2.45, 2.75) is 32.7 Å². The summed E-state index contributed by atoms with van der Waals surface area (Å²) in [4.78, 5) is 0. The highest BCUT2D eigenvalue weighted by Crippen LogP contribution is 2.21. The summed E-state index contributed by atoms with van der Waals surface area (Å²) in [6.45, 7) is 8.21. The molecule has 1 unspecified atom stereocenters. The minimum Gasteiger partial charge on any atom is -0.377 e. The Morgan fingerprint density at radius 2 is 1.67 bits per heavy atom. The Bertz CT molecular complexity index is 182. The lowest BCUT2D eigenvalue weighted by Crippen LogP contribution is -2.42. The minimum atomic E-state index is -2.35. The van der Waals surface area contributed by atoms with Crippen LogP contribution in [0.1, 0.15) is 26.7 Å². The molecule has 90 valence electrons. The lowest BCUT2D eigenvalue weighted by molar-refractivity contribution is 0.122. The Labute approximate surface area is 94.8 Å². The van der Waals surface area contributed by atoms with E-state index in [1.54, 1.807) is 21.3 Å². The molecule has 0 rings (SSSR count). The molecule has 0 saturated carbocycles. The fourth-order valence-corrected chi connectivity index (χ4v) is 3.18. The van der Waals surface area contributed by atoms with Crippen LogP contribution in [-0.2, 0) is 13.3 Å². The van der Waals surface area contributed by atoms with Crippen molar-refractivity contribution in [1.29, 1.82) is 0 Å². The van der Waals surface area contributed by atoms with Crippen LogP contribution in [0.2, 0.25) is 6.04 Å². The number of hydrogen-bond acceptors (Lipinski definition) is 3. The topological polar surface area (TPSA) is 27.7 Å². The maximum atomic E-state index is 5.35. The van der Waals surface area contributed by atoms with Crippen LogP contribution in [0.25, 0.3) is 0 Å². The van der Waals surface area contributed by atoms with Crippen molar-refractivity contribution < 1.29 is 13.3 Å². The van der Waals surface area contributed by atoms with E-state index < -0.39 is 8.80 Å². The first kappa shape index (κ1) is 14.8. The van der Waals surface area contributed by atoms with Gasteiger partial charge in [0.15, 0.2) is 0 Å². The lowest BCUT2D eigenvalue weighted by Gasteiger charge is -2.24. The van der Waals surface area contributed by atoms with E-state index in [2.05, 4.69) is 20.4 Å². The van der Waals surface area contributed by atoms with Gasteiger partial charge in [-0.2, -0.15) is 0 Å². The summed E-state index contributed by atoms with van der Waals surface area (Å²) in [7, 11) is 2.61. The van der Waals surface area contributed by atoms with Crippen LogP contribution in [0, 0.1) is 5.92 Å². The SMILES string of the molecule is C=C(C)C(C)CCC[Si](OC)(OC)OC. The third-order valence-corrected chi connectivity index (χ3v) is 5.73. The van der Waals surface area contributed by atoms with Crippen molar-refractivity contribution >= 4 is 8.80 Å². The third kappa shape index (κ3) is 4.93. The fraction of sp³-hybridized carbons (Fsp3) is 0.818. The molecule has 0 aromatic rings. The van der Waals surface area contributed by atoms with Gasteiger partial charge in [0.2, 0.25) is 0 Å². The average Bonchev–Trinajstić information content (AvgIpc) is 2.24. The Hall–Kier alpha value is -0.163. The van der Waals surface area contributed by atoms with Gasteiger partial charge < -0.3 is 13.3 Å². The molecular formula is C11H24O3Si. The second-order valence-electron chi connectivity index (χ2n) is 3.94. The highest BCUT2D eigenvalue weighted by Gasteiger charge is 2.36. The maximum Gasteiger partial charge on any atom is 0.500 e. The molecule has 0 aliphatic carbocycles. The number of hydrogen-bond donors (Lipinski definition) is 0. The van der Waals surface area contributed by atoms with Crippen LogP contribution < -0.4 is 0 Å². The molecule has 0 amide bonds. The number of allylic oxidation sites excluding steroid dienone is 1. The zero-order valence-corrected chi connectivity index (χ0v) is 11.6. The van der Waals surface area contributed by atoms with E-state index in [4.69, 9.17) is 13.3 Å². The zero-order valence-electron chi connectivity index (χ0n) is 10.6. The lowest BCUT2D eigenvalue weighted by atomic mass is 9.99. The van der Waals surface area contributed by atoms with E-state index in [0.29, 0.717) is 5.92 Å². The van der Waals surface area contributed by atoms with Crippen LogP contribution in [0.5, 0.6) is 0 Å². The first-order valence-corrected chi connectivity index (χ1v) is 7.25. The van der Waals surface area contributed by atoms with Gasteiger partial charge in [-0.1, -0.05) is 19.1 Å². The minimum absolute atomic E-state index is 0.558. The molecule has 15 heavy (non-hydrogen) atoms. The molecule has 0 saturated heterocycles. The molecule has 0 aromatic heterocycles. The van der Waals surface area contributed by atoms with Gasteiger partial charge in [0.25, 0.3) is 0 Å². The van der Waals surface area contributed by atoms with Gasteiger partial charge in [0.05, 0.1) is 0 Å².